The minimum absolute atomic E-state index is 0.000637. The Labute approximate surface area is 149 Å². The average molecular weight is 367 g/mol. The number of rotatable bonds is 5. The normalized spacial score (nSPS) is 10.4. The van der Waals surface area contributed by atoms with Crippen molar-refractivity contribution in [2.75, 3.05) is 16.8 Å². The quantitative estimate of drug-likeness (QED) is 0.857. The molecule has 0 aliphatic carbocycles. The molecular formula is C18H17ClF2N2O2. The van der Waals surface area contributed by atoms with Gasteiger partial charge in [-0.1, -0.05) is 11.6 Å². The van der Waals surface area contributed by atoms with Gasteiger partial charge >= 0.3 is 0 Å². The van der Waals surface area contributed by atoms with E-state index in [1.165, 1.54) is 17.9 Å². The predicted molar refractivity (Wildman–Crippen MR) is 93.8 cm³/mol. The van der Waals surface area contributed by atoms with Crippen LogP contribution in [0.4, 0.5) is 20.2 Å². The van der Waals surface area contributed by atoms with E-state index in [1.54, 1.807) is 18.2 Å². The number of amides is 2. The summed E-state index contributed by atoms with van der Waals surface area (Å²) in [5.41, 5.74) is 1.63. The van der Waals surface area contributed by atoms with E-state index in [4.69, 9.17) is 11.6 Å². The third kappa shape index (κ3) is 5.00. The Balaban J connectivity index is 2.04. The van der Waals surface area contributed by atoms with E-state index in [-0.39, 0.29) is 24.6 Å². The molecule has 2 rings (SSSR count). The van der Waals surface area contributed by atoms with Gasteiger partial charge < -0.3 is 10.2 Å². The van der Waals surface area contributed by atoms with Crippen LogP contribution in [0.5, 0.6) is 0 Å². The minimum Gasteiger partial charge on any atom is -0.326 e. The van der Waals surface area contributed by atoms with E-state index < -0.39 is 17.5 Å². The molecule has 2 aromatic carbocycles. The Morgan fingerprint density at radius 1 is 1.12 bits per heavy atom. The second kappa shape index (κ2) is 8.07. The molecular weight excluding hydrogens is 350 g/mol. The molecule has 0 atom stereocenters. The maximum atomic E-state index is 13.2. The number of anilines is 2. The summed E-state index contributed by atoms with van der Waals surface area (Å²) in [5.74, 6) is -2.66. The fourth-order valence-electron chi connectivity index (χ4n) is 2.38. The number of benzene rings is 2. The summed E-state index contributed by atoms with van der Waals surface area (Å²) in [6.45, 7) is 3.37. The molecule has 2 aromatic rings. The van der Waals surface area contributed by atoms with Gasteiger partial charge in [0.1, 0.15) is 0 Å². The van der Waals surface area contributed by atoms with E-state index >= 15 is 0 Å². The van der Waals surface area contributed by atoms with Gasteiger partial charge in [0.15, 0.2) is 11.6 Å². The molecule has 132 valence electrons. The first-order valence-corrected chi connectivity index (χ1v) is 7.95. The van der Waals surface area contributed by atoms with Crippen molar-refractivity contribution < 1.29 is 18.4 Å². The van der Waals surface area contributed by atoms with Gasteiger partial charge in [0.05, 0.1) is 0 Å². The monoisotopic (exact) mass is 366 g/mol. The van der Waals surface area contributed by atoms with Gasteiger partial charge in [-0.15, -0.1) is 0 Å². The highest BCUT2D eigenvalue weighted by molar-refractivity contribution is 6.30. The Morgan fingerprint density at radius 2 is 1.84 bits per heavy atom. The first-order valence-electron chi connectivity index (χ1n) is 7.57. The summed E-state index contributed by atoms with van der Waals surface area (Å²) < 4.78 is 26.0. The third-order valence-electron chi connectivity index (χ3n) is 3.60. The molecule has 0 saturated heterocycles. The van der Waals surface area contributed by atoms with Crippen molar-refractivity contribution in [3.63, 3.8) is 0 Å². The Morgan fingerprint density at radius 3 is 2.44 bits per heavy atom. The first kappa shape index (κ1) is 18.9. The molecule has 4 nitrogen and oxygen atoms in total. The van der Waals surface area contributed by atoms with Crippen LogP contribution in [0.25, 0.3) is 0 Å². The van der Waals surface area contributed by atoms with Crippen LogP contribution in [0.2, 0.25) is 5.02 Å². The van der Waals surface area contributed by atoms with Crippen LogP contribution in [-0.4, -0.2) is 18.4 Å². The smallest absolute Gasteiger partial charge is 0.226 e. The molecule has 0 bridgehead atoms. The summed E-state index contributed by atoms with van der Waals surface area (Å²) in [6, 6.07) is 8.22. The number of carbonyl (C=O) groups is 2. The summed E-state index contributed by atoms with van der Waals surface area (Å²) in [7, 11) is 0. The lowest BCUT2D eigenvalue weighted by molar-refractivity contribution is -0.117. The van der Waals surface area contributed by atoms with Crippen molar-refractivity contribution in [1.29, 1.82) is 0 Å². The molecule has 0 fully saturated rings. The largest absolute Gasteiger partial charge is 0.326 e. The Kier molecular flexibility index (Phi) is 6.09. The first-order chi connectivity index (χ1) is 11.8. The topological polar surface area (TPSA) is 49.4 Å². The second-order valence-corrected chi connectivity index (χ2v) is 5.96. The van der Waals surface area contributed by atoms with Gasteiger partial charge in [-0.2, -0.15) is 0 Å². The van der Waals surface area contributed by atoms with Crippen LogP contribution in [0.15, 0.2) is 36.4 Å². The molecule has 2 amide bonds. The lowest BCUT2D eigenvalue weighted by atomic mass is 10.1. The molecule has 0 spiro atoms. The fourth-order valence-corrected chi connectivity index (χ4v) is 2.61. The highest BCUT2D eigenvalue weighted by Gasteiger charge is 2.16. The minimum atomic E-state index is -1.04. The Bertz CT molecular complexity index is 812. The van der Waals surface area contributed by atoms with Gasteiger partial charge in [0, 0.05) is 42.4 Å². The van der Waals surface area contributed by atoms with Gasteiger partial charge in [-0.3, -0.25) is 9.59 Å². The summed E-state index contributed by atoms with van der Waals surface area (Å²) in [6.07, 6.45) is 0.000637. The fraction of sp³-hybridized carbons (Fsp3) is 0.222. The van der Waals surface area contributed by atoms with Gasteiger partial charge in [-0.05, 0) is 42.8 Å². The van der Waals surface area contributed by atoms with E-state index in [2.05, 4.69) is 5.32 Å². The van der Waals surface area contributed by atoms with Crippen molar-refractivity contribution >= 4 is 34.8 Å². The molecule has 0 aromatic heterocycles. The predicted octanol–water partition coefficient (Wildman–Crippen LogP) is 4.31. The van der Waals surface area contributed by atoms with E-state index in [9.17, 15) is 18.4 Å². The number of aryl methyl sites for hydroxylation is 1. The molecule has 25 heavy (non-hydrogen) atoms. The van der Waals surface area contributed by atoms with Crippen LogP contribution in [-0.2, 0) is 9.59 Å². The zero-order valence-corrected chi connectivity index (χ0v) is 14.5. The van der Waals surface area contributed by atoms with Crippen LogP contribution >= 0.6 is 11.6 Å². The highest BCUT2D eigenvalue weighted by atomic mass is 35.5. The van der Waals surface area contributed by atoms with E-state index in [0.29, 0.717) is 10.7 Å². The zero-order chi connectivity index (χ0) is 18.6. The second-order valence-electron chi connectivity index (χ2n) is 5.53. The van der Waals surface area contributed by atoms with E-state index in [0.717, 1.165) is 17.7 Å². The number of carbonyl (C=O) groups excluding carboxylic acids is 2. The maximum absolute atomic E-state index is 13.2. The molecule has 0 unspecified atom stereocenters. The number of hydrogen-bond donors (Lipinski definition) is 1. The Hall–Kier alpha value is -2.47. The molecule has 0 radical (unpaired) electrons. The van der Waals surface area contributed by atoms with Crippen LogP contribution in [0.1, 0.15) is 18.9 Å². The lowest BCUT2D eigenvalue weighted by Gasteiger charge is -2.23. The lowest BCUT2D eigenvalue weighted by Crippen LogP contribution is -2.32. The molecule has 0 aliphatic heterocycles. The van der Waals surface area contributed by atoms with Gasteiger partial charge in [-0.25, -0.2) is 8.78 Å². The number of hydrogen-bond acceptors (Lipinski definition) is 2. The highest BCUT2D eigenvalue weighted by Crippen LogP contribution is 2.24. The van der Waals surface area contributed by atoms with Crippen molar-refractivity contribution in [3.05, 3.63) is 58.6 Å². The van der Waals surface area contributed by atoms with Crippen molar-refractivity contribution in [2.24, 2.45) is 0 Å². The summed E-state index contributed by atoms with van der Waals surface area (Å²) in [5, 5.41) is 3.03. The number of nitrogens with zero attached hydrogens (tertiary/aromatic N) is 1. The zero-order valence-electron chi connectivity index (χ0n) is 13.8. The van der Waals surface area contributed by atoms with Crippen molar-refractivity contribution in [3.8, 4) is 0 Å². The number of halogens is 3. The molecule has 1 N–H and O–H groups in total. The van der Waals surface area contributed by atoms with Crippen molar-refractivity contribution in [2.45, 2.75) is 20.3 Å². The van der Waals surface area contributed by atoms with Crippen LogP contribution < -0.4 is 10.2 Å². The van der Waals surface area contributed by atoms with E-state index in [1.807, 2.05) is 6.92 Å². The summed E-state index contributed by atoms with van der Waals surface area (Å²) in [4.78, 5) is 25.4. The van der Waals surface area contributed by atoms with Gasteiger partial charge in [0.25, 0.3) is 0 Å². The standard InChI is InChI=1S/C18H17ClF2N2O2/c1-11-9-13(19)3-6-17(11)23(12(2)24)8-7-18(25)22-14-4-5-15(20)16(21)10-14/h3-6,9-10H,7-8H2,1-2H3,(H,22,25). The van der Waals surface area contributed by atoms with Crippen LogP contribution in [0.3, 0.4) is 0 Å². The molecule has 7 heteroatoms. The van der Waals surface area contributed by atoms with Crippen molar-refractivity contribution in [1.82, 2.24) is 0 Å². The molecule has 0 heterocycles. The molecule has 0 aliphatic rings. The molecule has 0 saturated carbocycles. The van der Waals surface area contributed by atoms with Gasteiger partial charge in [0.2, 0.25) is 11.8 Å². The average Bonchev–Trinajstić information content (AvgIpc) is 2.52. The number of nitrogens with one attached hydrogen (secondary N) is 1. The van der Waals surface area contributed by atoms with Crippen LogP contribution in [0, 0.1) is 18.6 Å². The SMILES string of the molecule is CC(=O)N(CCC(=O)Nc1ccc(F)c(F)c1)c1ccc(Cl)cc1C. The summed E-state index contributed by atoms with van der Waals surface area (Å²) >= 11 is 5.92. The third-order valence-corrected chi connectivity index (χ3v) is 3.83. The maximum Gasteiger partial charge on any atom is 0.226 e.